The molecule has 0 spiro atoms. The average molecular weight is 743 g/mol. The van der Waals surface area contributed by atoms with Gasteiger partial charge in [0, 0.05) is 11.4 Å². The molecule has 2 heterocycles. The lowest BCUT2D eigenvalue weighted by Gasteiger charge is -2.33. The third kappa shape index (κ3) is 4.95. The van der Waals surface area contributed by atoms with Crippen molar-refractivity contribution < 1.29 is 9.47 Å². The molecule has 0 N–H and O–H groups in total. The Bertz CT molecular complexity index is 3170. The van der Waals surface area contributed by atoms with Gasteiger partial charge in [-0.1, -0.05) is 133 Å². The molecule has 2 aliphatic rings. The predicted molar refractivity (Wildman–Crippen MR) is 239 cm³/mol. The van der Waals surface area contributed by atoms with Crippen molar-refractivity contribution in [1.29, 1.82) is 0 Å². The minimum atomic E-state index is 0.831. The maximum Gasteiger partial charge on any atom is 0.151 e. The van der Waals surface area contributed by atoms with Crippen LogP contribution in [0.25, 0.3) is 54.6 Å². The molecule has 4 nitrogen and oxygen atoms in total. The van der Waals surface area contributed by atoms with Gasteiger partial charge in [0.1, 0.15) is 0 Å². The normalized spacial score (nSPS) is 12.7. The van der Waals surface area contributed by atoms with Gasteiger partial charge in [0.05, 0.1) is 22.7 Å². The van der Waals surface area contributed by atoms with Gasteiger partial charge in [0.25, 0.3) is 0 Å². The van der Waals surface area contributed by atoms with E-state index < -0.39 is 0 Å². The lowest BCUT2D eigenvalue weighted by atomic mass is 9.84. The van der Waals surface area contributed by atoms with Gasteiger partial charge in [-0.05, 0) is 127 Å². The molecule has 0 aromatic heterocycles. The predicted octanol–water partition coefficient (Wildman–Crippen LogP) is 15.6. The summed E-state index contributed by atoms with van der Waals surface area (Å²) in [6, 6.07) is 73.4. The van der Waals surface area contributed by atoms with Crippen LogP contribution in [0.4, 0.5) is 34.1 Å². The number of nitrogens with zero attached hydrogens (tertiary/aromatic N) is 2. The van der Waals surface area contributed by atoms with Gasteiger partial charge in [0.2, 0.25) is 0 Å². The van der Waals surface area contributed by atoms with Crippen molar-refractivity contribution in [1.82, 2.24) is 0 Å². The molecular weight excluding hydrogens is 709 g/mol. The van der Waals surface area contributed by atoms with Crippen LogP contribution in [0.5, 0.6) is 23.0 Å². The molecule has 0 bridgehead atoms. The van der Waals surface area contributed by atoms with E-state index in [1.54, 1.807) is 0 Å². The molecule has 2 aliphatic heterocycles. The van der Waals surface area contributed by atoms with Gasteiger partial charge < -0.3 is 19.3 Å². The molecule has 0 fully saturated rings. The zero-order chi connectivity index (χ0) is 38.2. The van der Waals surface area contributed by atoms with Gasteiger partial charge in [-0.2, -0.15) is 0 Å². The molecule has 0 unspecified atom stereocenters. The lowest BCUT2D eigenvalue weighted by molar-refractivity contribution is 0.477. The Morgan fingerprint density at radius 3 is 1.28 bits per heavy atom. The fourth-order valence-corrected chi connectivity index (χ4v) is 9.10. The van der Waals surface area contributed by atoms with Gasteiger partial charge in [0.15, 0.2) is 23.0 Å². The first kappa shape index (κ1) is 32.4. The second-order valence-corrected chi connectivity index (χ2v) is 14.8. The fourth-order valence-electron chi connectivity index (χ4n) is 9.10. The minimum Gasteiger partial charge on any atom is -0.453 e. The number of ether oxygens (including phenoxy) is 2. The molecule has 58 heavy (non-hydrogen) atoms. The van der Waals surface area contributed by atoms with E-state index in [2.05, 4.69) is 168 Å². The maximum absolute atomic E-state index is 6.44. The smallest absolute Gasteiger partial charge is 0.151 e. The van der Waals surface area contributed by atoms with Gasteiger partial charge in [-0.25, -0.2) is 0 Å². The van der Waals surface area contributed by atoms with Crippen LogP contribution in [0, 0.1) is 0 Å². The molecule has 0 saturated carbocycles. The summed E-state index contributed by atoms with van der Waals surface area (Å²) in [6.45, 7) is 0. The quantitative estimate of drug-likeness (QED) is 0.168. The highest BCUT2D eigenvalue weighted by molar-refractivity contribution is 6.24. The van der Waals surface area contributed by atoms with E-state index in [4.69, 9.17) is 9.47 Å². The number of hydrogen-bond donors (Lipinski definition) is 0. The summed E-state index contributed by atoms with van der Waals surface area (Å²) >= 11 is 0. The third-order valence-electron chi connectivity index (χ3n) is 11.6. The van der Waals surface area contributed by atoms with Crippen LogP contribution in [0.15, 0.2) is 206 Å². The van der Waals surface area contributed by atoms with E-state index in [1.165, 1.54) is 49.0 Å². The number of para-hydroxylation sites is 8. The number of anilines is 6. The summed E-state index contributed by atoms with van der Waals surface area (Å²) in [5.74, 6) is 3.33. The Balaban J connectivity index is 1.20. The SMILES string of the molecule is c1ccc(-c2c3cc(N4c5ccccc5Oc5ccccc54)ccc3c(-c3cccc4ccccc34)c3cc(N4c5ccccc5Oc5ccccc54)ccc23)cc1. The van der Waals surface area contributed by atoms with Crippen molar-refractivity contribution in [2.24, 2.45) is 0 Å². The van der Waals surface area contributed by atoms with Crippen LogP contribution < -0.4 is 19.3 Å². The molecule has 272 valence electrons. The molecule has 0 saturated heterocycles. The highest BCUT2D eigenvalue weighted by Gasteiger charge is 2.29. The minimum absolute atomic E-state index is 0.831. The monoisotopic (exact) mass is 742 g/mol. The largest absolute Gasteiger partial charge is 0.453 e. The topological polar surface area (TPSA) is 24.9 Å². The van der Waals surface area contributed by atoms with Crippen molar-refractivity contribution in [3.8, 4) is 45.3 Å². The summed E-state index contributed by atoms with van der Waals surface area (Å²) < 4.78 is 12.9. The van der Waals surface area contributed by atoms with Crippen molar-refractivity contribution >= 4 is 66.4 Å². The van der Waals surface area contributed by atoms with Crippen LogP contribution in [-0.2, 0) is 0 Å². The van der Waals surface area contributed by atoms with E-state index in [-0.39, 0.29) is 0 Å². The van der Waals surface area contributed by atoms with Crippen molar-refractivity contribution in [3.63, 3.8) is 0 Å². The highest BCUT2D eigenvalue weighted by Crippen LogP contribution is 2.54. The molecule has 4 heteroatoms. The van der Waals surface area contributed by atoms with E-state index >= 15 is 0 Å². The summed E-state index contributed by atoms with van der Waals surface area (Å²) in [7, 11) is 0. The first-order valence-corrected chi connectivity index (χ1v) is 19.7. The van der Waals surface area contributed by atoms with Crippen molar-refractivity contribution in [2.45, 2.75) is 0 Å². The Labute approximate surface area is 336 Å². The van der Waals surface area contributed by atoms with Crippen molar-refractivity contribution in [3.05, 3.63) is 206 Å². The Hall–Kier alpha value is -7.82. The maximum atomic E-state index is 6.44. The first-order chi connectivity index (χ1) is 28.8. The lowest BCUT2D eigenvalue weighted by Crippen LogP contribution is -2.16. The van der Waals surface area contributed by atoms with Gasteiger partial charge in [-0.3, -0.25) is 0 Å². The molecule has 10 aromatic carbocycles. The van der Waals surface area contributed by atoms with Crippen LogP contribution >= 0.6 is 0 Å². The van der Waals surface area contributed by atoms with E-state index in [1.807, 2.05) is 48.5 Å². The molecule has 10 aromatic rings. The third-order valence-corrected chi connectivity index (χ3v) is 11.6. The van der Waals surface area contributed by atoms with Crippen molar-refractivity contribution in [2.75, 3.05) is 9.80 Å². The summed E-state index contributed by atoms with van der Waals surface area (Å²) in [4.78, 5) is 4.67. The van der Waals surface area contributed by atoms with Gasteiger partial charge in [-0.15, -0.1) is 0 Å². The Kier molecular flexibility index (Phi) is 7.20. The average Bonchev–Trinajstić information content (AvgIpc) is 3.29. The van der Waals surface area contributed by atoms with E-state index in [0.717, 1.165) is 62.7 Å². The van der Waals surface area contributed by atoms with Crippen LogP contribution in [0.1, 0.15) is 0 Å². The standard InChI is InChI=1S/C54H34N2O2/c1-2-16-36(17-3-1)53-41-31-29-38(56-47-23-8-12-27-51(47)58-52-28-13-9-24-48(52)56)34-44(41)54(40-20-14-18-35-15-4-5-19-39(35)40)42-32-30-37(33-43(42)53)55-45-21-6-10-25-49(45)57-50-26-11-7-22-46(50)55/h1-34H. The molecule has 12 rings (SSSR count). The highest BCUT2D eigenvalue weighted by atomic mass is 16.5. The van der Waals surface area contributed by atoms with Crippen LogP contribution in [-0.4, -0.2) is 0 Å². The zero-order valence-electron chi connectivity index (χ0n) is 31.3. The second kappa shape index (κ2) is 12.9. The molecular formula is C54H34N2O2. The summed E-state index contributed by atoms with van der Waals surface area (Å²) in [5, 5.41) is 7.14. The van der Waals surface area contributed by atoms with E-state index in [9.17, 15) is 0 Å². The fraction of sp³-hybridized carbons (Fsp3) is 0. The van der Waals surface area contributed by atoms with Crippen LogP contribution in [0.3, 0.4) is 0 Å². The summed E-state index contributed by atoms with van der Waals surface area (Å²) in [6.07, 6.45) is 0. The number of fused-ring (bicyclic) bond motifs is 7. The number of rotatable bonds is 4. The summed E-state index contributed by atoms with van der Waals surface area (Å²) in [5.41, 5.74) is 10.9. The molecule has 0 aliphatic carbocycles. The zero-order valence-corrected chi connectivity index (χ0v) is 31.3. The first-order valence-electron chi connectivity index (χ1n) is 19.7. The Morgan fingerprint density at radius 1 is 0.293 bits per heavy atom. The second-order valence-electron chi connectivity index (χ2n) is 14.8. The Morgan fingerprint density at radius 2 is 0.724 bits per heavy atom. The molecule has 0 amide bonds. The van der Waals surface area contributed by atoms with Gasteiger partial charge >= 0.3 is 0 Å². The molecule has 0 radical (unpaired) electrons. The van der Waals surface area contributed by atoms with E-state index in [0.29, 0.717) is 0 Å². The van der Waals surface area contributed by atoms with Crippen LogP contribution in [0.2, 0.25) is 0 Å². The number of benzene rings is 10. The number of hydrogen-bond acceptors (Lipinski definition) is 4. The molecule has 0 atom stereocenters.